The van der Waals surface area contributed by atoms with E-state index in [9.17, 15) is 4.79 Å². The number of amides is 1. The van der Waals surface area contributed by atoms with Crippen molar-refractivity contribution in [3.8, 4) is 0 Å². The van der Waals surface area contributed by atoms with E-state index in [0.29, 0.717) is 11.7 Å². The molecule has 1 saturated carbocycles. The lowest BCUT2D eigenvalue weighted by Gasteiger charge is -2.17. The Morgan fingerprint density at radius 2 is 1.87 bits per heavy atom. The number of hydrogen-bond donors (Lipinski definition) is 1. The van der Waals surface area contributed by atoms with Gasteiger partial charge in [0.25, 0.3) is 0 Å². The Hall–Kier alpha value is -2.60. The maximum atomic E-state index is 12.7. The molecule has 5 nitrogen and oxygen atoms in total. The third kappa shape index (κ3) is 5.11. The average Bonchev–Trinajstić information content (AvgIpc) is 3.53. The SMILES string of the molecule is CC[C@@H](NC(=O)CSc1nnc(C2CC2)n1Cc1ccccc1)c1ccc(C)cc1. The molecule has 0 aliphatic heterocycles. The summed E-state index contributed by atoms with van der Waals surface area (Å²) in [6.45, 7) is 4.91. The molecular formula is C24H28N4OS. The summed E-state index contributed by atoms with van der Waals surface area (Å²) in [5.41, 5.74) is 3.58. The van der Waals surface area contributed by atoms with Crippen molar-refractivity contribution in [3.63, 3.8) is 0 Å². The third-order valence-electron chi connectivity index (χ3n) is 5.43. The minimum absolute atomic E-state index is 0.0228. The van der Waals surface area contributed by atoms with E-state index < -0.39 is 0 Å². The van der Waals surface area contributed by atoms with Gasteiger partial charge in [0.15, 0.2) is 5.16 Å². The Kier molecular flexibility index (Phi) is 6.53. The number of aryl methyl sites for hydroxylation is 1. The molecule has 0 spiro atoms. The van der Waals surface area contributed by atoms with Crippen LogP contribution in [0.3, 0.4) is 0 Å². The third-order valence-corrected chi connectivity index (χ3v) is 6.39. The normalized spacial score (nSPS) is 14.5. The highest BCUT2D eigenvalue weighted by molar-refractivity contribution is 7.99. The van der Waals surface area contributed by atoms with Crippen LogP contribution in [0.2, 0.25) is 0 Å². The van der Waals surface area contributed by atoms with Gasteiger partial charge in [0.05, 0.1) is 18.3 Å². The zero-order valence-corrected chi connectivity index (χ0v) is 18.4. The van der Waals surface area contributed by atoms with Gasteiger partial charge in [-0.15, -0.1) is 10.2 Å². The van der Waals surface area contributed by atoms with Crippen LogP contribution in [0.5, 0.6) is 0 Å². The lowest BCUT2D eigenvalue weighted by molar-refractivity contribution is -0.119. The molecule has 1 atom stereocenters. The summed E-state index contributed by atoms with van der Waals surface area (Å²) in [6.07, 6.45) is 3.20. The second-order valence-electron chi connectivity index (χ2n) is 7.91. The van der Waals surface area contributed by atoms with E-state index in [4.69, 9.17) is 0 Å². The van der Waals surface area contributed by atoms with E-state index in [1.807, 2.05) is 18.2 Å². The molecule has 0 radical (unpaired) electrons. The smallest absolute Gasteiger partial charge is 0.230 e. The first-order valence-electron chi connectivity index (χ1n) is 10.6. The van der Waals surface area contributed by atoms with Gasteiger partial charge in [-0.1, -0.05) is 78.8 Å². The standard InChI is InChI=1S/C24H28N4OS/c1-3-21(19-11-9-17(2)10-12-19)25-22(29)16-30-24-27-26-23(20-13-14-20)28(24)15-18-7-5-4-6-8-18/h4-12,20-21H,3,13-16H2,1-2H3,(H,25,29)/t21-/m1/s1. The van der Waals surface area contributed by atoms with Crippen LogP contribution in [0.25, 0.3) is 0 Å². The molecule has 1 fully saturated rings. The molecule has 156 valence electrons. The van der Waals surface area contributed by atoms with Gasteiger partial charge in [-0.05, 0) is 37.3 Å². The van der Waals surface area contributed by atoms with Crippen molar-refractivity contribution in [3.05, 3.63) is 77.1 Å². The molecular weight excluding hydrogens is 392 g/mol. The van der Waals surface area contributed by atoms with Crippen LogP contribution in [0.1, 0.15) is 60.7 Å². The number of nitrogens with one attached hydrogen (secondary N) is 1. The minimum atomic E-state index is 0.0228. The summed E-state index contributed by atoms with van der Waals surface area (Å²) in [4.78, 5) is 12.7. The molecule has 0 unspecified atom stereocenters. The number of thioether (sulfide) groups is 1. The quantitative estimate of drug-likeness (QED) is 0.502. The highest BCUT2D eigenvalue weighted by Crippen LogP contribution is 2.40. The van der Waals surface area contributed by atoms with E-state index in [0.717, 1.165) is 29.5 Å². The van der Waals surface area contributed by atoms with Crippen molar-refractivity contribution in [2.24, 2.45) is 0 Å². The second kappa shape index (κ2) is 9.47. The Labute approximate surface area is 182 Å². The average molecular weight is 421 g/mol. The number of aromatic nitrogens is 3. The van der Waals surface area contributed by atoms with Crippen molar-refractivity contribution >= 4 is 17.7 Å². The van der Waals surface area contributed by atoms with Crippen molar-refractivity contribution in [2.75, 3.05) is 5.75 Å². The molecule has 0 bridgehead atoms. The van der Waals surface area contributed by atoms with E-state index in [1.165, 1.54) is 35.7 Å². The molecule has 4 rings (SSSR count). The lowest BCUT2D eigenvalue weighted by Crippen LogP contribution is -2.29. The van der Waals surface area contributed by atoms with Crippen LogP contribution < -0.4 is 5.32 Å². The number of nitrogens with zero attached hydrogens (tertiary/aromatic N) is 3. The number of benzene rings is 2. The molecule has 1 amide bonds. The first-order valence-corrected chi connectivity index (χ1v) is 11.6. The zero-order valence-electron chi connectivity index (χ0n) is 17.5. The Morgan fingerprint density at radius 1 is 1.13 bits per heavy atom. The summed E-state index contributed by atoms with van der Waals surface area (Å²) in [5, 5.41) is 12.8. The largest absolute Gasteiger partial charge is 0.349 e. The van der Waals surface area contributed by atoms with Crippen LogP contribution in [0, 0.1) is 6.92 Å². The maximum absolute atomic E-state index is 12.7. The maximum Gasteiger partial charge on any atom is 0.230 e. The van der Waals surface area contributed by atoms with Crippen LogP contribution in [-0.2, 0) is 11.3 Å². The van der Waals surface area contributed by atoms with Crippen molar-refractivity contribution in [1.29, 1.82) is 0 Å². The molecule has 0 saturated heterocycles. The van der Waals surface area contributed by atoms with Crippen LogP contribution in [0.4, 0.5) is 0 Å². The molecule has 1 aromatic heterocycles. The van der Waals surface area contributed by atoms with Crippen molar-refractivity contribution in [2.45, 2.75) is 56.8 Å². The van der Waals surface area contributed by atoms with Gasteiger partial charge in [0.1, 0.15) is 5.82 Å². The topological polar surface area (TPSA) is 59.8 Å². The van der Waals surface area contributed by atoms with Crippen LogP contribution >= 0.6 is 11.8 Å². The summed E-state index contributed by atoms with van der Waals surface area (Å²) in [5.74, 6) is 1.91. The van der Waals surface area contributed by atoms with Crippen LogP contribution in [-0.4, -0.2) is 26.4 Å². The fraction of sp³-hybridized carbons (Fsp3) is 0.375. The molecule has 1 aliphatic rings. The Morgan fingerprint density at radius 3 is 2.53 bits per heavy atom. The fourth-order valence-corrected chi connectivity index (χ4v) is 4.31. The number of hydrogen-bond acceptors (Lipinski definition) is 4. The van der Waals surface area contributed by atoms with Crippen LogP contribution in [0.15, 0.2) is 59.8 Å². The number of carbonyl (C=O) groups excluding carboxylic acids is 1. The minimum Gasteiger partial charge on any atom is -0.349 e. The molecule has 3 aromatic rings. The van der Waals surface area contributed by atoms with Gasteiger partial charge in [-0.2, -0.15) is 0 Å². The van der Waals surface area contributed by atoms with Gasteiger partial charge in [-0.25, -0.2) is 0 Å². The number of carbonyl (C=O) groups is 1. The van der Waals surface area contributed by atoms with E-state index in [1.54, 1.807) is 0 Å². The van der Waals surface area contributed by atoms with Gasteiger partial charge in [0.2, 0.25) is 5.91 Å². The molecule has 6 heteroatoms. The first-order chi connectivity index (χ1) is 14.6. The highest BCUT2D eigenvalue weighted by Gasteiger charge is 2.30. The summed E-state index contributed by atoms with van der Waals surface area (Å²) < 4.78 is 2.18. The summed E-state index contributed by atoms with van der Waals surface area (Å²) >= 11 is 1.47. The zero-order chi connectivity index (χ0) is 20.9. The van der Waals surface area contributed by atoms with Crippen molar-refractivity contribution in [1.82, 2.24) is 20.1 Å². The van der Waals surface area contributed by atoms with Gasteiger partial charge in [-0.3, -0.25) is 4.79 Å². The van der Waals surface area contributed by atoms with E-state index in [-0.39, 0.29) is 11.9 Å². The monoisotopic (exact) mass is 420 g/mol. The van der Waals surface area contributed by atoms with Gasteiger partial charge >= 0.3 is 0 Å². The van der Waals surface area contributed by atoms with E-state index in [2.05, 4.69) is 70.3 Å². The Balaban J connectivity index is 1.41. The second-order valence-corrected chi connectivity index (χ2v) is 8.86. The predicted molar refractivity (Wildman–Crippen MR) is 121 cm³/mol. The molecule has 1 heterocycles. The first kappa shape index (κ1) is 20.7. The molecule has 30 heavy (non-hydrogen) atoms. The molecule has 2 aromatic carbocycles. The van der Waals surface area contributed by atoms with E-state index >= 15 is 0 Å². The highest BCUT2D eigenvalue weighted by atomic mass is 32.2. The van der Waals surface area contributed by atoms with Gasteiger partial charge < -0.3 is 9.88 Å². The lowest BCUT2D eigenvalue weighted by atomic mass is 10.0. The summed E-state index contributed by atoms with van der Waals surface area (Å²) in [6, 6.07) is 18.7. The summed E-state index contributed by atoms with van der Waals surface area (Å²) in [7, 11) is 0. The van der Waals surface area contributed by atoms with Crippen molar-refractivity contribution < 1.29 is 4.79 Å². The molecule has 1 N–H and O–H groups in total. The Bertz CT molecular complexity index is 980. The van der Waals surface area contributed by atoms with Gasteiger partial charge in [0, 0.05) is 5.92 Å². The fourth-order valence-electron chi connectivity index (χ4n) is 3.55. The number of rotatable bonds is 9. The predicted octanol–water partition coefficient (Wildman–Crippen LogP) is 4.87. The molecule has 1 aliphatic carbocycles.